The number of allylic oxidation sites excluding steroid dienone is 1. The molecule has 0 aromatic carbocycles. The monoisotopic (exact) mass is 153 g/mol. The molecule has 0 aliphatic carbocycles. The first kappa shape index (κ1) is 10.2. The summed E-state index contributed by atoms with van der Waals surface area (Å²) >= 11 is 0. The molecule has 2 nitrogen and oxygen atoms in total. The van der Waals surface area contributed by atoms with Gasteiger partial charge < -0.3 is 5.11 Å². The normalized spacial score (nSPS) is 16.7. The van der Waals surface area contributed by atoms with Gasteiger partial charge in [-0.05, 0) is 12.8 Å². The summed E-state index contributed by atoms with van der Waals surface area (Å²) in [6.07, 6.45) is 2.79. The molecule has 62 valence electrons. The second kappa shape index (κ2) is 4.92. The first-order chi connectivity index (χ1) is 5.13. The van der Waals surface area contributed by atoms with Crippen molar-refractivity contribution < 1.29 is 5.11 Å². The van der Waals surface area contributed by atoms with E-state index >= 15 is 0 Å². The third kappa shape index (κ3) is 3.20. The van der Waals surface area contributed by atoms with E-state index in [0.29, 0.717) is 0 Å². The zero-order valence-corrected chi connectivity index (χ0v) is 7.28. The molecule has 0 saturated carbocycles. The van der Waals surface area contributed by atoms with E-state index in [2.05, 4.69) is 6.07 Å². The van der Waals surface area contributed by atoms with Crippen LogP contribution in [-0.2, 0) is 0 Å². The van der Waals surface area contributed by atoms with E-state index in [9.17, 15) is 5.11 Å². The molecule has 0 amide bonds. The minimum atomic E-state index is -0.620. The van der Waals surface area contributed by atoms with Crippen LogP contribution in [0.3, 0.4) is 0 Å². The molecule has 0 fully saturated rings. The molecule has 0 aliphatic heterocycles. The fourth-order valence-corrected chi connectivity index (χ4v) is 0.937. The average molecular weight is 153 g/mol. The summed E-state index contributed by atoms with van der Waals surface area (Å²) in [6.45, 7) is 5.69. The summed E-state index contributed by atoms with van der Waals surface area (Å²) in [7, 11) is 0. The second-order valence-electron chi connectivity index (χ2n) is 2.92. The maximum Gasteiger partial charge on any atom is 0.0881 e. The first-order valence-electron chi connectivity index (χ1n) is 3.84. The minimum Gasteiger partial charge on any atom is -0.388 e. The van der Waals surface area contributed by atoms with Crippen molar-refractivity contribution in [1.29, 1.82) is 5.26 Å². The largest absolute Gasteiger partial charge is 0.388 e. The number of aliphatic hydroxyl groups is 1. The molecule has 2 heteroatoms. The highest BCUT2D eigenvalue weighted by Crippen LogP contribution is 2.14. The minimum absolute atomic E-state index is 0.200. The lowest BCUT2D eigenvalue weighted by atomic mass is 9.91. The number of rotatable bonds is 3. The van der Waals surface area contributed by atoms with Gasteiger partial charge in [-0.2, -0.15) is 5.26 Å². The third-order valence-corrected chi connectivity index (χ3v) is 1.62. The number of nitriles is 1. The van der Waals surface area contributed by atoms with Gasteiger partial charge in [0.05, 0.1) is 18.1 Å². The lowest BCUT2D eigenvalue weighted by molar-refractivity contribution is 0.155. The van der Waals surface area contributed by atoms with Crippen LogP contribution in [0.4, 0.5) is 0 Å². The number of hydrogen-bond donors (Lipinski definition) is 1. The second-order valence-corrected chi connectivity index (χ2v) is 2.92. The predicted molar refractivity (Wildman–Crippen MR) is 44.8 cm³/mol. The van der Waals surface area contributed by atoms with Crippen molar-refractivity contribution in [2.24, 2.45) is 11.8 Å². The molecule has 0 heterocycles. The van der Waals surface area contributed by atoms with Gasteiger partial charge in [-0.3, -0.25) is 0 Å². The third-order valence-electron chi connectivity index (χ3n) is 1.62. The predicted octanol–water partition coefficient (Wildman–Crippen LogP) is 1.72. The van der Waals surface area contributed by atoms with Crippen molar-refractivity contribution >= 4 is 0 Å². The van der Waals surface area contributed by atoms with Crippen LogP contribution in [0.25, 0.3) is 0 Å². The molecular weight excluding hydrogens is 138 g/mol. The highest BCUT2D eigenvalue weighted by Gasteiger charge is 2.19. The highest BCUT2D eigenvalue weighted by molar-refractivity contribution is 4.99. The lowest BCUT2D eigenvalue weighted by Crippen LogP contribution is -2.21. The Labute approximate surface area is 68.2 Å². The molecule has 0 aromatic rings. The van der Waals surface area contributed by atoms with E-state index in [0.717, 1.165) is 0 Å². The standard InChI is InChI=1S/C9H15NO/c1-4-5-9(11)8(6-10)7(2)3/h4-5,7-9,11H,1-3H3/b5-4+. The zero-order valence-electron chi connectivity index (χ0n) is 7.28. The molecule has 0 aromatic heterocycles. The summed E-state index contributed by atoms with van der Waals surface area (Å²) in [5, 5.41) is 18.0. The van der Waals surface area contributed by atoms with Gasteiger partial charge in [0, 0.05) is 0 Å². The van der Waals surface area contributed by atoms with Gasteiger partial charge in [-0.25, -0.2) is 0 Å². The summed E-state index contributed by atoms with van der Waals surface area (Å²) in [6, 6.07) is 2.08. The van der Waals surface area contributed by atoms with E-state index in [1.165, 1.54) is 0 Å². The highest BCUT2D eigenvalue weighted by atomic mass is 16.3. The van der Waals surface area contributed by atoms with Crippen LogP contribution < -0.4 is 0 Å². The van der Waals surface area contributed by atoms with Crippen LogP contribution in [0.1, 0.15) is 20.8 Å². The van der Waals surface area contributed by atoms with Crippen molar-refractivity contribution in [3.63, 3.8) is 0 Å². The van der Waals surface area contributed by atoms with Gasteiger partial charge in [0.1, 0.15) is 0 Å². The first-order valence-corrected chi connectivity index (χ1v) is 3.84. The van der Waals surface area contributed by atoms with E-state index in [-0.39, 0.29) is 11.8 Å². The van der Waals surface area contributed by atoms with E-state index < -0.39 is 6.10 Å². The van der Waals surface area contributed by atoms with Gasteiger partial charge >= 0.3 is 0 Å². The van der Waals surface area contributed by atoms with E-state index in [1.807, 2.05) is 20.8 Å². The Kier molecular flexibility index (Phi) is 4.56. The van der Waals surface area contributed by atoms with Crippen LogP contribution in [0.15, 0.2) is 12.2 Å². The Morgan fingerprint density at radius 3 is 2.27 bits per heavy atom. The smallest absolute Gasteiger partial charge is 0.0881 e. The fraction of sp³-hybridized carbons (Fsp3) is 0.667. The van der Waals surface area contributed by atoms with Crippen LogP contribution in [0.5, 0.6) is 0 Å². The molecule has 2 unspecified atom stereocenters. The Bertz CT molecular complexity index is 167. The van der Waals surface area contributed by atoms with Gasteiger partial charge in [0.2, 0.25) is 0 Å². The maximum atomic E-state index is 9.37. The Morgan fingerprint density at radius 2 is 2.00 bits per heavy atom. The molecule has 2 atom stereocenters. The number of hydrogen-bond acceptors (Lipinski definition) is 2. The van der Waals surface area contributed by atoms with E-state index in [1.54, 1.807) is 12.2 Å². The summed E-state index contributed by atoms with van der Waals surface area (Å²) < 4.78 is 0. The van der Waals surface area contributed by atoms with Crippen molar-refractivity contribution in [1.82, 2.24) is 0 Å². The molecule has 0 aliphatic rings. The van der Waals surface area contributed by atoms with Gasteiger partial charge in [-0.1, -0.05) is 26.0 Å². The van der Waals surface area contributed by atoms with Crippen molar-refractivity contribution in [2.45, 2.75) is 26.9 Å². The maximum absolute atomic E-state index is 9.37. The van der Waals surface area contributed by atoms with Crippen LogP contribution in [-0.4, -0.2) is 11.2 Å². The quantitative estimate of drug-likeness (QED) is 0.627. The van der Waals surface area contributed by atoms with Crippen LogP contribution >= 0.6 is 0 Å². The molecule has 11 heavy (non-hydrogen) atoms. The SMILES string of the molecule is C/C=C/C(O)C(C#N)C(C)C. The van der Waals surface area contributed by atoms with Crippen molar-refractivity contribution in [2.75, 3.05) is 0 Å². The molecule has 1 N–H and O–H groups in total. The summed E-state index contributed by atoms with van der Waals surface area (Å²) in [5.74, 6) is -0.0857. The summed E-state index contributed by atoms with van der Waals surface area (Å²) in [5.41, 5.74) is 0. The molecule has 0 rings (SSSR count). The van der Waals surface area contributed by atoms with Crippen molar-refractivity contribution in [3.05, 3.63) is 12.2 Å². The molecule has 0 bridgehead atoms. The van der Waals surface area contributed by atoms with Crippen molar-refractivity contribution in [3.8, 4) is 6.07 Å². The lowest BCUT2D eigenvalue weighted by Gasteiger charge is -2.15. The number of nitrogens with zero attached hydrogens (tertiary/aromatic N) is 1. The average Bonchev–Trinajstić information content (AvgIpc) is 1.88. The van der Waals surface area contributed by atoms with E-state index in [4.69, 9.17) is 5.26 Å². The zero-order chi connectivity index (χ0) is 8.85. The number of aliphatic hydroxyl groups excluding tert-OH is 1. The molecule has 0 saturated heterocycles. The fourth-order valence-electron chi connectivity index (χ4n) is 0.937. The van der Waals surface area contributed by atoms with Crippen LogP contribution in [0, 0.1) is 23.2 Å². The summed E-state index contributed by atoms with van der Waals surface area (Å²) in [4.78, 5) is 0. The van der Waals surface area contributed by atoms with Gasteiger partial charge in [0.25, 0.3) is 0 Å². The van der Waals surface area contributed by atoms with Gasteiger partial charge in [-0.15, -0.1) is 0 Å². The Hall–Kier alpha value is -0.810. The topological polar surface area (TPSA) is 44.0 Å². The van der Waals surface area contributed by atoms with Gasteiger partial charge in [0.15, 0.2) is 0 Å². The molecule has 0 spiro atoms. The Balaban J connectivity index is 4.16. The molecule has 0 radical (unpaired) electrons. The van der Waals surface area contributed by atoms with Crippen LogP contribution in [0.2, 0.25) is 0 Å². The molecular formula is C9H15NO. The Morgan fingerprint density at radius 1 is 1.45 bits per heavy atom.